The highest BCUT2D eigenvalue weighted by molar-refractivity contribution is 6.01. The number of piperidine rings is 1. The van der Waals surface area contributed by atoms with Crippen LogP contribution in [-0.4, -0.2) is 18.4 Å². The van der Waals surface area contributed by atoms with E-state index in [1.165, 1.54) is 0 Å². The molecule has 0 radical (unpaired) electrons. The fourth-order valence-corrected chi connectivity index (χ4v) is 2.11. The van der Waals surface area contributed by atoms with E-state index >= 15 is 0 Å². The third-order valence-electron chi connectivity index (χ3n) is 2.90. The Morgan fingerprint density at radius 3 is 2.83 bits per heavy atom. The van der Waals surface area contributed by atoms with Crippen LogP contribution in [0.25, 0.3) is 0 Å². The molecule has 0 spiro atoms. The molecule has 1 aliphatic heterocycles. The molecule has 5 nitrogen and oxygen atoms in total. The highest BCUT2D eigenvalue weighted by Gasteiger charge is 2.28. The predicted molar refractivity (Wildman–Crippen MR) is 67.1 cm³/mol. The minimum Gasteiger partial charge on any atom is -0.494 e. The lowest BCUT2D eigenvalue weighted by atomic mass is 9.90. The molecule has 1 atom stereocenters. The van der Waals surface area contributed by atoms with Gasteiger partial charge in [0.2, 0.25) is 11.8 Å². The molecule has 1 fully saturated rings. The van der Waals surface area contributed by atoms with Gasteiger partial charge in [0.25, 0.3) is 0 Å². The first-order chi connectivity index (χ1) is 8.60. The maximum absolute atomic E-state index is 11.8. The van der Waals surface area contributed by atoms with E-state index in [-0.39, 0.29) is 17.7 Å². The summed E-state index contributed by atoms with van der Waals surface area (Å²) in [5.41, 5.74) is 7.14. The van der Waals surface area contributed by atoms with Crippen molar-refractivity contribution in [3.63, 3.8) is 0 Å². The van der Waals surface area contributed by atoms with Crippen LogP contribution in [0.5, 0.6) is 5.75 Å². The van der Waals surface area contributed by atoms with Gasteiger partial charge in [-0.25, -0.2) is 0 Å². The lowest BCUT2D eigenvalue weighted by Crippen LogP contribution is -2.39. The van der Waals surface area contributed by atoms with Gasteiger partial charge in [0, 0.05) is 18.2 Å². The van der Waals surface area contributed by atoms with Gasteiger partial charge in [0.15, 0.2) is 0 Å². The summed E-state index contributed by atoms with van der Waals surface area (Å²) in [6, 6.07) is 5.28. The number of hydrogen-bond donors (Lipinski definition) is 2. The second-order valence-corrected chi connectivity index (χ2v) is 4.27. The average Bonchev–Trinajstić information content (AvgIpc) is 2.28. The number of rotatable bonds is 3. The van der Waals surface area contributed by atoms with Gasteiger partial charge in [-0.15, -0.1) is 0 Å². The number of amides is 2. The van der Waals surface area contributed by atoms with Crippen molar-refractivity contribution in [2.24, 2.45) is 0 Å². The molecule has 1 aromatic carbocycles. The number of ether oxygens (including phenoxy) is 1. The zero-order valence-corrected chi connectivity index (χ0v) is 10.2. The fourth-order valence-electron chi connectivity index (χ4n) is 2.11. The monoisotopic (exact) mass is 248 g/mol. The Bertz CT molecular complexity index is 485. The lowest BCUT2D eigenvalue weighted by molar-refractivity contribution is -0.134. The van der Waals surface area contributed by atoms with Crippen LogP contribution in [0.3, 0.4) is 0 Å². The van der Waals surface area contributed by atoms with E-state index in [0.717, 1.165) is 5.56 Å². The van der Waals surface area contributed by atoms with Crippen LogP contribution in [0, 0.1) is 0 Å². The second kappa shape index (κ2) is 5.08. The summed E-state index contributed by atoms with van der Waals surface area (Å²) in [7, 11) is 0. The van der Waals surface area contributed by atoms with Crippen molar-refractivity contribution >= 4 is 17.5 Å². The Morgan fingerprint density at radius 1 is 1.39 bits per heavy atom. The van der Waals surface area contributed by atoms with Gasteiger partial charge in [0.05, 0.1) is 12.5 Å². The molecule has 1 unspecified atom stereocenters. The maximum atomic E-state index is 11.8. The third kappa shape index (κ3) is 2.61. The molecule has 0 aliphatic carbocycles. The number of nitrogens with one attached hydrogen (secondary N) is 1. The quantitative estimate of drug-likeness (QED) is 0.622. The van der Waals surface area contributed by atoms with Gasteiger partial charge in [-0.1, -0.05) is 0 Å². The number of nitrogens with two attached hydrogens (primary N) is 1. The van der Waals surface area contributed by atoms with Crippen LogP contribution in [0.2, 0.25) is 0 Å². The van der Waals surface area contributed by atoms with Crippen LogP contribution in [0.1, 0.15) is 31.2 Å². The SMILES string of the molecule is CCOc1cc(N)cc(C2CCC(=O)NC2=O)c1. The first-order valence-electron chi connectivity index (χ1n) is 5.97. The average molecular weight is 248 g/mol. The van der Waals surface area contributed by atoms with E-state index in [1.54, 1.807) is 18.2 Å². The number of carbonyl (C=O) groups excluding carboxylic acids is 2. The standard InChI is InChI=1S/C13H16N2O3/c1-2-18-10-6-8(5-9(14)7-10)11-3-4-12(16)15-13(11)17/h5-7,11H,2-4,14H2,1H3,(H,15,16,17). The number of carbonyl (C=O) groups is 2. The van der Waals surface area contributed by atoms with Crippen molar-refractivity contribution in [3.05, 3.63) is 23.8 Å². The molecule has 2 amide bonds. The molecule has 96 valence electrons. The molecule has 0 saturated carbocycles. The summed E-state index contributed by atoms with van der Waals surface area (Å²) in [5, 5.41) is 2.34. The molecule has 3 N–H and O–H groups in total. The number of hydrogen-bond acceptors (Lipinski definition) is 4. The van der Waals surface area contributed by atoms with E-state index in [1.807, 2.05) is 6.92 Å². The van der Waals surface area contributed by atoms with Crippen molar-refractivity contribution in [3.8, 4) is 5.75 Å². The maximum Gasteiger partial charge on any atom is 0.234 e. The van der Waals surface area contributed by atoms with Crippen LogP contribution in [0.15, 0.2) is 18.2 Å². The van der Waals surface area contributed by atoms with Crippen molar-refractivity contribution < 1.29 is 14.3 Å². The van der Waals surface area contributed by atoms with E-state index in [0.29, 0.717) is 30.9 Å². The van der Waals surface area contributed by atoms with Crippen LogP contribution in [0.4, 0.5) is 5.69 Å². The van der Waals surface area contributed by atoms with Gasteiger partial charge in [-0.3, -0.25) is 14.9 Å². The molecule has 5 heteroatoms. The topological polar surface area (TPSA) is 81.4 Å². The van der Waals surface area contributed by atoms with Crippen molar-refractivity contribution in [2.75, 3.05) is 12.3 Å². The largest absolute Gasteiger partial charge is 0.494 e. The fraction of sp³-hybridized carbons (Fsp3) is 0.385. The van der Waals surface area contributed by atoms with E-state index in [2.05, 4.69) is 5.32 Å². The van der Waals surface area contributed by atoms with Gasteiger partial charge in [-0.2, -0.15) is 0 Å². The summed E-state index contributed by atoms with van der Waals surface area (Å²) in [6.07, 6.45) is 0.870. The van der Waals surface area contributed by atoms with Crippen molar-refractivity contribution in [1.29, 1.82) is 0 Å². The molecular weight excluding hydrogens is 232 g/mol. The summed E-state index contributed by atoms with van der Waals surface area (Å²) < 4.78 is 5.40. The smallest absolute Gasteiger partial charge is 0.234 e. The van der Waals surface area contributed by atoms with E-state index in [9.17, 15) is 9.59 Å². The Balaban J connectivity index is 2.27. The Kier molecular flexibility index (Phi) is 3.50. The highest BCUT2D eigenvalue weighted by Crippen LogP contribution is 2.29. The zero-order valence-electron chi connectivity index (χ0n) is 10.2. The van der Waals surface area contributed by atoms with Crippen LogP contribution in [-0.2, 0) is 9.59 Å². The molecule has 2 rings (SSSR count). The second-order valence-electron chi connectivity index (χ2n) is 4.27. The Hall–Kier alpha value is -2.04. The third-order valence-corrected chi connectivity index (χ3v) is 2.90. The van der Waals surface area contributed by atoms with E-state index in [4.69, 9.17) is 10.5 Å². The summed E-state index contributed by atoms with van der Waals surface area (Å²) in [6.45, 7) is 2.42. The summed E-state index contributed by atoms with van der Waals surface area (Å²) in [4.78, 5) is 22.9. The molecule has 0 aromatic heterocycles. The predicted octanol–water partition coefficient (Wildman–Crippen LogP) is 1.19. The summed E-state index contributed by atoms with van der Waals surface area (Å²) in [5.74, 6) is -0.160. The summed E-state index contributed by atoms with van der Waals surface area (Å²) >= 11 is 0. The first kappa shape index (κ1) is 12.4. The number of nitrogen functional groups attached to an aromatic ring is 1. The molecule has 0 bridgehead atoms. The van der Waals surface area contributed by atoms with E-state index < -0.39 is 0 Å². The normalized spacial score (nSPS) is 19.5. The highest BCUT2D eigenvalue weighted by atomic mass is 16.5. The molecule has 1 aliphatic rings. The first-order valence-corrected chi connectivity index (χ1v) is 5.97. The molecule has 1 aromatic rings. The van der Waals surface area contributed by atoms with Gasteiger partial charge < -0.3 is 10.5 Å². The van der Waals surface area contributed by atoms with Crippen molar-refractivity contribution in [2.45, 2.75) is 25.7 Å². The molecule has 1 saturated heterocycles. The number of benzene rings is 1. The number of imide groups is 1. The molecule has 18 heavy (non-hydrogen) atoms. The van der Waals surface area contributed by atoms with Gasteiger partial charge in [0.1, 0.15) is 5.75 Å². The van der Waals surface area contributed by atoms with Crippen LogP contribution < -0.4 is 15.8 Å². The lowest BCUT2D eigenvalue weighted by Gasteiger charge is -2.21. The molecular formula is C13H16N2O3. The van der Waals surface area contributed by atoms with Gasteiger partial charge in [-0.05, 0) is 31.0 Å². The van der Waals surface area contributed by atoms with Crippen molar-refractivity contribution in [1.82, 2.24) is 5.32 Å². The Morgan fingerprint density at radius 2 is 2.17 bits per heavy atom. The number of anilines is 1. The molecule has 1 heterocycles. The van der Waals surface area contributed by atoms with Crippen LogP contribution >= 0.6 is 0 Å². The Labute approximate surface area is 105 Å². The van der Waals surface area contributed by atoms with Gasteiger partial charge >= 0.3 is 0 Å². The minimum absolute atomic E-state index is 0.217. The zero-order chi connectivity index (χ0) is 13.1. The minimum atomic E-state index is -0.328.